The van der Waals surface area contributed by atoms with Crippen molar-refractivity contribution in [3.8, 4) is 0 Å². The lowest BCUT2D eigenvalue weighted by molar-refractivity contribution is -0.122. The molecule has 6 nitrogen and oxygen atoms in total. The molecule has 3 N–H and O–H groups in total. The smallest absolute Gasteiger partial charge is 0.226 e. The zero-order valence-electron chi connectivity index (χ0n) is 16.3. The molecule has 0 aliphatic carbocycles. The molecule has 28 heavy (non-hydrogen) atoms. The molecule has 6 heteroatoms. The molecule has 0 aliphatic rings. The standard InChI is InChI=1S/C22H27N3O3/c1-16(2)22(28)25-19-10-8-18(9-11-19)15-24-20(26)12-13-23-21(27)14-17-6-4-3-5-7-17/h3-11,16H,12-15H2,1-2H3,(H,23,27)(H,24,26)(H,25,28). The average Bonchev–Trinajstić information content (AvgIpc) is 2.68. The number of nitrogens with one attached hydrogen (secondary N) is 3. The molecule has 0 unspecified atom stereocenters. The summed E-state index contributed by atoms with van der Waals surface area (Å²) in [6.45, 7) is 4.37. The van der Waals surface area contributed by atoms with Gasteiger partial charge in [-0.05, 0) is 23.3 Å². The second-order valence-corrected chi connectivity index (χ2v) is 6.88. The maximum Gasteiger partial charge on any atom is 0.226 e. The van der Waals surface area contributed by atoms with Gasteiger partial charge < -0.3 is 16.0 Å². The highest BCUT2D eigenvalue weighted by atomic mass is 16.2. The first kappa shape index (κ1) is 21.2. The molecule has 0 radical (unpaired) electrons. The molecule has 0 saturated carbocycles. The lowest BCUT2D eigenvalue weighted by atomic mass is 10.1. The van der Waals surface area contributed by atoms with E-state index >= 15 is 0 Å². The lowest BCUT2D eigenvalue weighted by Gasteiger charge is -2.09. The number of benzene rings is 2. The van der Waals surface area contributed by atoms with Crippen LogP contribution in [0.1, 0.15) is 31.4 Å². The van der Waals surface area contributed by atoms with Crippen molar-refractivity contribution in [2.45, 2.75) is 33.2 Å². The Morgan fingerprint density at radius 3 is 2.14 bits per heavy atom. The van der Waals surface area contributed by atoms with Gasteiger partial charge in [0.05, 0.1) is 6.42 Å². The van der Waals surface area contributed by atoms with Crippen LogP contribution in [0.15, 0.2) is 54.6 Å². The second kappa shape index (κ2) is 10.9. The van der Waals surface area contributed by atoms with E-state index < -0.39 is 0 Å². The third kappa shape index (κ3) is 7.61. The summed E-state index contributed by atoms with van der Waals surface area (Å²) in [5.41, 5.74) is 2.61. The fourth-order valence-electron chi connectivity index (χ4n) is 2.44. The minimum absolute atomic E-state index is 0.0321. The van der Waals surface area contributed by atoms with Gasteiger partial charge in [-0.15, -0.1) is 0 Å². The quantitative estimate of drug-likeness (QED) is 0.624. The second-order valence-electron chi connectivity index (χ2n) is 6.88. The average molecular weight is 381 g/mol. The van der Waals surface area contributed by atoms with Gasteiger partial charge >= 0.3 is 0 Å². The molecule has 2 aromatic rings. The Kier molecular flexibility index (Phi) is 8.21. The van der Waals surface area contributed by atoms with Crippen LogP contribution in [0.3, 0.4) is 0 Å². The van der Waals surface area contributed by atoms with E-state index in [2.05, 4.69) is 16.0 Å². The highest BCUT2D eigenvalue weighted by Crippen LogP contribution is 2.11. The van der Waals surface area contributed by atoms with Gasteiger partial charge in [0, 0.05) is 31.1 Å². The van der Waals surface area contributed by atoms with Crippen LogP contribution in [-0.2, 0) is 27.3 Å². The molecule has 0 atom stereocenters. The van der Waals surface area contributed by atoms with Crippen LogP contribution in [0.4, 0.5) is 5.69 Å². The topological polar surface area (TPSA) is 87.3 Å². The third-order valence-corrected chi connectivity index (χ3v) is 4.12. The largest absolute Gasteiger partial charge is 0.355 e. The molecule has 0 aromatic heterocycles. The number of hydrogen-bond donors (Lipinski definition) is 3. The minimum atomic E-state index is -0.128. The summed E-state index contributed by atoms with van der Waals surface area (Å²) >= 11 is 0. The first-order valence-electron chi connectivity index (χ1n) is 9.41. The van der Waals surface area contributed by atoms with Crippen molar-refractivity contribution < 1.29 is 14.4 Å². The van der Waals surface area contributed by atoms with Crippen LogP contribution in [0.5, 0.6) is 0 Å². The molecule has 0 fully saturated rings. The zero-order chi connectivity index (χ0) is 20.4. The van der Waals surface area contributed by atoms with Gasteiger partial charge in [-0.1, -0.05) is 56.3 Å². The lowest BCUT2D eigenvalue weighted by Crippen LogP contribution is -2.31. The summed E-state index contributed by atoms with van der Waals surface area (Å²) in [6.07, 6.45) is 0.533. The Labute approximate surface area is 165 Å². The Morgan fingerprint density at radius 2 is 1.50 bits per heavy atom. The van der Waals surface area contributed by atoms with E-state index in [1.807, 2.05) is 68.4 Å². The Balaban J connectivity index is 1.65. The van der Waals surface area contributed by atoms with Gasteiger partial charge in [-0.25, -0.2) is 0 Å². The van der Waals surface area contributed by atoms with Crippen LogP contribution < -0.4 is 16.0 Å². The van der Waals surface area contributed by atoms with Crippen molar-refractivity contribution in [1.82, 2.24) is 10.6 Å². The molecule has 0 spiro atoms. The molecule has 0 heterocycles. The first-order chi connectivity index (χ1) is 13.4. The summed E-state index contributed by atoms with van der Waals surface area (Å²) in [6, 6.07) is 16.8. The van der Waals surface area contributed by atoms with Gasteiger partial charge in [-0.2, -0.15) is 0 Å². The highest BCUT2D eigenvalue weighted by Gasteiger charge is 2.08. The number of hydrogen-bond acceptors (Lipinski definition) is 3. The van der Waals surface area contributed by atoms with Crippen molar-refractivity contribution in [3.63, 3.8) is 0 Å². The summed E-state index contributed by atoms with van der Waals surface area (Å²) in [5, 5.41) is 8.40. The molecule has 2 rings (SSSR count). The van der Waals surface area contributed by atoms with Crippen LogP contribution in [0.2, 0.25) is 0 Å². The third-order valence-electron chi connectivity index (χ3n) is 4.12. The predicted octanol–water partition coefficient (Wildman–Crippen LogP) is 2.65. The van der Waals surface area contributed by atoms with Crippen molar-refractivity contribution >= 4 is 23.4 Å². The van der Waals surface area contributed by atoms with Gasteiger partial charge in [0.25, 0.3) is 0 Å². The number of amides is 3. The van der Waals surface area contributed by atoms with Crippen LogP contribution in [-0.4, -0.2) is 24.3 Å². The summed E-state index contributed by atoms with van der Waals surface area (Å²) < 4.78 is 0. The molecule has 148 valence electrons. The van der Waals surface area contributed by atoms with Gasteiger partial charge in [0.2, 0.25) is 17.7 Å². The first-order valence-corrected chi connectivity index (χ1v) is 9.41. The monoisotopic (exact) mass is 381 g/mol. The number of carbonyl (C=O) groups excluding carboxylic acids is 3. The van der Waals surface area contributed by atoms with E-state index in [0.717, 1.165) is 16.8 Å². The zero-order valence-corrected chi connectivity index (χ0v) is 16.3. The fourth-order valence-corrected chi connectivity index (χ4v) is 2.44. The molecule has 2 aromatic carbocycles. The number of rotatable bonds is 9. The van der Waals surface area contributed by atoms with Crippen LogP contribution in [0.25, 0.3) is 0 Å². The molecular formula is C22H27N3O3. The Morgan fingerprint density at radius 1 is 0.821 bits per heavy atom. The van der Waals surface area contributed by atoms with E-state index in [0.29, 0.717) is 19.5 Å². The van der Waals surface area contributed by atoms with E-state index in [9.17, 15) is 14.4 Å². The van der Waals surface area contributed by atoms with Gasteiger partial charge in [0.1, 0.15) is 0 Å². The van der Waals surface area contributed by atoms with E-state index in [1.54, 1.807) is 0 Å². The molecule has 0 saturated heterocycles. The Bertz CT molecular complexity index is 786. The van der Waals surface area contributed by atoms with Crippen LogP contribution in [0, 0.1) is 5.92 Å². The molecule has 0 bridgehead atoms. The van der Waals surface area contributed by atoms with Gasteiger partial charge in [-0.3, -0.25) is 14.4 Å². The fraction of sp³-hybridized carbons (Fsp3) is 0.318. The van der Waals surface area contributed by atoms with Crippen molar-refractivity contribution in [2.75, 3.05) is 11.9 Å². The Hall–Kier alpha value is -3.15. The van der Waals surface area contributed by atoms with Crippen LogP contribution >= 0.6 is 0 Å². The highest BCUT2D eigenvalue weighted by molar-refractivity contribution is 5.92. The predicted molar refractivity (Wildman–Crippen MR) is 110 cm³/mol. The van der Waals surface area contributed by atoms with E-state index in [1.165, 1.54) is 0 Å². The minimum Gasteiger partial charge on any atom is -0.355 e. The SMILES string of the molecule is CC(C)C(=O)Nc1ccc(CNC(=O)CCNC(=O)Cc2ccccc2)cc1. The van der Waals surface area contributed by atoms with Crippen molar-refractivity contribution in [2.24, 2.45) is 5.92 Å². The van der Waals surface area contributed by atoms with E-state index in [-0.39, 0.29) is 30.1 Å². The molecule has 0 aliphatic heterocycles. The molecule has 3 amide bonds. The van der Waals surface area contributed by atoms with Crippen molar-refractivity contribution in [3.05, 3.63) is 65.7 Å². The summed E-state index contributed by atoms with van der Waals surface area (Å²) in [4.78, 5) is 35.4. The van der Waals surface area contributed by atoms with Crippen molar-refractivity contribution in [1.29, 1.82) is 0 Å². The summed E-state index contributed by atoms with van der Waals surface area (Å²) in [5.74, 6) is -0.335. The summed E-state index contributed by atoms with van der Waals surface area (Å²) in [7, 11) is 0. The molecular weight excluding hydrogens is 354 g/mol. The maximum absolute atomic E-state index is 11.9. The van der Waals surface area contributed by atoms with Gasteiger partial charge in [0.15, 0.2) is 0 Å². The number of carbonyl (C=O) groups is 3. The van der Waals surface area contributed by atoms with E-state index in [4.69, 9.17) is 0 Å². The normalized spacial score (nSPS) is 10.4. The number of anilines is 1. The maximum atomic E-state index is 11.9.